The molecule has 0 atom stereocenters. The Morgan fingerprint density at radius 1 is 1.05 bits per heavy atom. The third-order valence-corrected chi connectivity index (χ3v) is 5.44. The van der Waals surface area contributed by atoms with Gasteiger partial charge < -0.3 is 15.4 Å². The highest BCUT2D eigenvalue weighted by molar-refractivity contribution is 5.81. The summed E-state index contributed by atoms with van der Waals surface area (Å²) >= 11 is 0. The molecule has 0 saturated heterocycles. The predicted molar refractivity (Wildman–Crippen MR) is 140 cm³/mol. The van der Waals surface area contributed by atoms with Crippen molar-refractivity contribution in [1.29, 1.82) is 0 Å². The Kier molecular flexibility index (Phi) is 13.1. The Balaban J connectivity index is 0.000000428. The van der Waals surface area contributed by atoms with Crippen LogP contribution in [-0.4, -0.2) is 58.2 Å². The number of H-pyrrole nitrogens is 1. The molecule has 0 aliphatic rings. The monoisotopic (exact) mass is 604 g/mol. The largest absolute Gasteiger partial charge is 0.423 e. The van der Waals surface area contributed by atoms with E-state index in [2.05, 4.69) is 19.8 Å². The van der Waals surface area contributed by atoms with Gasteiger partial charge in [0.2, 0.25) is 0 Å². The van der Waals surface area contributed by atoms with E-state index in [0.717, 1.165) is 25.2 Å². The first-order valence-corrected chi connectivity index (χ1v) is 12.2. The van der Waals surface area contributed by atoms with Crippen molar-refractivity contribution in [1.82, 2.24) is 25.1 Å². The summed E-state index contributed by atoms with van der Waals surface area (Å²) in [6.45, 7) is -2.01. The summed E-state index contributed by atoms with van der Waals surface area (Å²) < 4.78 is 89.3. The Bertz CT molecular complexity index is 1370. The summed E-state index contributed by atoms with van der Waals surface area (Å²) in [4.78, 5) is 32.2. The van der Waals surface area contributed by atoms with Gasteiger partial charge in [-0.1, -0.05) is 0 Å². The summed E-state index contributed by atoms with van der Waals surface area (Å²) in [5, 5.41) is 4.74. The number of nitrogens with zero attached hydrogens (tertiary/aromatic N) is 4. The highest BCUT2D eigenvalue weighted by Crippen LogP contribution is 2.29. The van der Waals surface area contributed by atoms with Crippen LogP contribution in [0.15, 0.2) is 47.7 Å². The van der Waals surface area contributed by atoms with Crippen LogP contribution in [0.1, 0.15) is 52.9 Å². The van der Waals surface area contributed by atoms with E-state index in [4.69, 9.17) is 5.73 Å². The first kappa shape index (κ1) is 33.9. The van der Waals surface area contributed by atoms with Crippen molar-refractivity contribution in [3.05, 3.63) is 75.6 Å². The number of hydrogen-bond donors (Lipinski definition) is 2. The lowest BCUT2D eigenvalue weighted by molar-refractivity contribution is -0.138. The Morgan fingerprint density at radius 2 is 1.76 bits per heavy atom. The van der Waals surface area contributed by atoms with Gasteiger partial charge in [-0.2, -0.15) is 27.1 Å². The van der Waals surface area contributed by atoms with Crippen LogP contribution in [-0.2, 0) is 10.9 Å². The van der Waals surface area contributed by atoms with E-state index in [9.17, 15) is 40.3 Å². The number of nitrogen functional groups attached to an aromatic ring is 1. The van der Waals surface area contributed by atoms with Gasteiger partial charge in [0.15, 0.2) is 6.29 Å². The van der Waals surface area contributed by atoms with E-state index in [-0.39, 0.29) is 12.2 Å². The molecule has 0 bridgehead atoms. The highest BCUT2D eigenvalue weighted by atomic mass is 19.4. The van der Waals surface area contributed by atoms with E-state index in [1.807, 2.05) is 11.9 Å². The van der Waals surface area contributed by atoms with Crippen molar-refractivity contribution in [2.45, 2.75) is 38.5 Å². The van der Waals surface area contributed by atoms with Gasteiger partial charge >= 0.3 is 12.8 Å². The molecule has 3 N–H and O–H groups in total. The maximum Gasteiger partial charge on any atom is 0.423 e. The molecule has 0 unspecified atom stereocenters. The number of aldehydes is 1. The second kappa shape index (κ2) is 16.2. The fourth-order valence-electron chi connectivity index (χ4n) is 3.34. The van der Waals surface area contributed by atoms with Gasteiger partial charge in [0.05, 0.1) is 35.6 Å². The van der Waals surface area contributed by atoms with E-state index in [0.29, 0.717) is 41.9 Å². The second-order valence-corrected chi connectivity index (χ2v) is 8.58. The minimum absolute atomic E-state index is 0.0307. The summed E-state index contributed by atoms with van der Waals surface area (Å²) in [6, 6.07) is 5.96. The average molecular weight is 605 g/mol. The Labute approximate surface area is 235 Å². The molecule has 0 radical (unpaired) electrons. The quantitative estimate of drug-likeness (QED) is 0.156. The molecule has 3 aromatic heterocycles. The van der Waals surface area contributed by atoms with Gasteiger partial charge in [0.1, 0.15) is 5.56 Å². The molecule has 228 valence electrons. The molecule has 0 aliphatic carbocycles. The van der Waals surface area contributed by atoms with Crippen LogP contribution >= 0.6 is 0 Å². The number of nitrogens with two attached hydrogens (primary N) is 1. The highest BCUT2D eigenvalue weighted by Gasteiger charge is 2.36. The molecule has 16 heteroatoms. The fraction of sp³-hybridized carbons (Fsp3) is 0.346. The zero-order chi connectivity index (χ0) is 31.3. The van der Waals surface area contributed by atoms with Gasteiger partial charge in [0, 0.05) is 37.1 Å². The maximum absolute atomic E-state index is 12.7. The lowest BCUT2D eigenvalue weighted by Gasteiger charge is -2.14. The van der Waals surface area contributed by atoms with E-state index in [1.165, 1.54) is 12.1 Å². The summed E-state index contributed by atoms with van der Waals surface area (Å²) in [7, 11) is 1.85. The number of alkyl halides is 7. The van der Waals surface area contributed by atoms with Crippen LogP contribution in [0, 0.1) is 0 Å². The van der Waals surface area contributed by atoms with Crippen molar-refractivity contribution in [2.75, 3.05) is 25.9 Å². The normalized spacial score (nSPS) is 11.6. The number of ether oxygens (including phenoxy) is 1. The van der Waals surface area contributed by atoms with Gasteiger partial charge in [-0.25, -0.2) is 18.9 Å². The number of hydrogen-bond acceptors (Lipinski definition) is 8. The SMILES string of the molecule is CN(/C=C\c1nc(-c2ccc(C(F)F)cn2)ccc1C=O)CCCCCOC(F)F.Nc1cn[nH]c(=O)c1C(F)(F)F. The molecule has 3 heterocycles. The van der Waals surface area contributed by atoms with Crippen LogP contribution in [0.25, 0.3) is 17.5 Å². The lowest BCUT2D eigenvalue weighted by Crippen LogP contribution is -2.24. The average Bonchev–Trinajstić information content (AvgIpc) is 2.93. The van der Waals surface area contributed by atoms with Crippen LogP contribution in [0.2, 0.25) is 0 Å². The van der Waals surface area contributed by atoms with Crippen molar-refractivity contribution in [2.24, 2.45) is 0 Å². The van der Waals surface area contributed by atoms with Gasteiger partial charge in [-0.05, 0) is 49.6 Å². The maximum atomic E-state index is 12.7. The molecule has 0 spiro atoms. The molecule has 0 amide bonds. The molecular weight excluding hydrogens is 577 g/mol. The second-order valence-electron chi connectivity index (χ2n) is 8.58. The minimum atomic E-state index is -4.74. The summed E-state index contributed by atoms with van der Waals surface area (Å²) in [5.41, 5.74) is 3.02. The number of rotatable bonds is 12. The Hall–Kier alpha value is -4.34. The van der Waals surface area contributed by atoms with Crippen molar-refractivity contribution in [3.63, 3.8) is 0 Å². The smallest absolute Gasteiger partial charge is 0.397 e. The van der Waals surface area contributed by atoms with Gasteiger partial charge in [-0.15, -0.1) is 0 Å². The number of unbranched alkanes of at least 4 members (excludes halogenated alkanes) is 2. The number of pyridine rings is 2. The topological polar surface area (TPSA) is 127 Å². The zero-order valence-corrected chi connectivity index (χ0v) is 22.1. The molecule has 0 saturated carbocycles. The molecular formula is C26H27F7N6O3. The van der Waals surface area contributed by atoms with Gasteiger partial charge in [-0.3, -0.25) is 14.6 Å². The molecule has 0 fully saturated rings. The molecule has 42 heavy (non-hydrogen) atoms. The predicted octanol–water partition coefficient (Wildman–Crippen LogP) is 5.58. The van der Waals surface area contributed by atoms with Crippen LogP contribution in [0.4, 0.5) is 36.4 Å². The Morgan fingerprint density at radius 3 is 2.31 bits per heavy atom. The first-order chi connectivity index (χ1) is 19.8. The number of aromatic amines is 1. The first-order valence-electron chi connectivity index (χ1n) is 12.2. The summed E-state index contributed by atoms with van der Waals surface area (Å²) in [5.74, 6) is 0. The van der Waals surface area contributed by atoms with E-state index >= 15 is 0 Å². The number of carbonyl (C=O) groups excluding carboxylic acids is 1. The number of nitrogens with one attached hydrogen (secondary N) is 1. The van der Waals surface area contributed by atoms with Crippen molar-refractivity contribution < 1.29 is 40.3 Å². The third-order valence-electron chi connectivity index (χ3n) is 5.44. The van der Waals surface area contributed by atoms with E-state index < -0.39 is 36.0 Å². The van der Waals surface area contributed by atoms with Crippen LogP contribution in [0.3, 0.4) is 0 Å². The summed E-state index contributed by atoms with van der Waals surface area (Å²) in [6.07, 6.45) is 0.743. The van der Waals surface area contributed by atoms with Gasteiger partial charge in [0.25, 0.3) is 12.0 Å². The molecule has 3 rings (SSSR count). The zero-order valence-electron chi connectivity index (χ0n) is 22.1. The molecule has 9 nitrogen and oxygen atoms in total. The number of anilines is 1. The lowest BCUT2D eigenvalue weighted by atomic mass is 10.1. The van der Waals surface area contributed by atoms with Crippen LogP contribution in [0.5, 0.6) is 0 Å². The van der Waals surface area contributed by atoms with Crippen molar-refractivity contribution in [3.8, 4) is 11.4 Å². The number of halogens is 7. The number of aromatic nitrogens is 4. The van der Waals surface area contributed by atoms with Crippen molar-refractivity contribution >= 4 is 18.0 Å². The minimum Gasteiger partial charge on any atom is -0.397 e. The van der Waals surface area contributed by atoms with E-state index in [1.54, 1.807) is 29.5 Å². The van der Waals surface area contributed by atoms with Crippen LogP contribution < -0.4 is 11.3 Å². The third kappa shape index (κ3) is 10.9. The number of carbonyl (C=O) groups is 1. The molecule has 3 aromatic rings. The molecule has 0 aliphatic heterocycles. The standard InChI is InChI=1S/C21H23F4N3O2.C5H4F3N3O/c1-28(10-3-2-4-12-30-21(24)25)11-9-17-16(14-29)6-8-19(27-17)18-7-5-15(13-26-18)20(22)23;6-5(7,8)3-2(9)1-10-11-4(3)12/h5-9,11,13-14,20-21H,2-4,10,12H2,1H3;1H,(H3,9,11,12)/b11-9-;. The fourth-order valence-corrected chi connectivity index (χ4v) is 3.34. The molecule has 0 aromatic carbocycles.